The maximum atomic E-state index is 12.4. The molecule has 1 aliphatic heterocycles. The monoisotopic (exact) mass is 265 g/mol. The number of para-hydroxylation sites is 2. The number of nitrogens with one attached hydrogen (secondary N) is 2. The van der Waals surface area contributed by atoms with Gasteiger partial charge in [-0.2, -0.15) is 0 Å². The lowest BCUT2D eigenvalue weighted by Gasteiger charge is -2.21. The number of hydrogen-bond acceptors (Lipinski definition) is 4. The van der Waals surface area contributed by atoms with E-state index < -0.39 is 9.84 Å². The first-order chi connectivity index (χ1) is 8.68. The first-order valence-electron chi connectivity index (χ1n) is 6.07. The highest BCUT2D eigenvalue weighted by molar-refractivity contribution is 7.91. The molecule has 2 N–H and O–H groups in total. The Kier molecular flexibility index (Phi) is 2.83. The van der Waals surface area contributed by atoms with Crippen molar-refractivity contribution in [1.82, 2.24) is 15.3 Å². The lowest BCUT2D eigenvalue weighted by Crippen LogP contribution is -2.39. The summed E-state index contributed by atoms with van der Waals surface area (Å²) in [7, 11) is -3.35. The van der Waals surface area contributed by atoms with E-state index in [4.69, 9.17) is 0 Å². The predicted molar refractivity (Wildman–Crippen MR) is 69.2 cm³/mol. The van der Waals surface area contributed by atoms with Crippen molar-refractivity contribution in [2.24, 2.45) is 0 Å². The summed E-state index contributed by atoms with van der Waals surface area (Å²) in [6, 6.07) is 7.35. The molecule has 0 saturated carbocycles. The van der Waals surface area contributed by atoms with Crippen molar-refractivity contribution in [2.75, 3.05) is 13.1 Å². The van der Waals surface area contributed by atoms with Crippen LogP contribution in [0.25, 0.3) is 11.0 Å². The maximum Gasteiger partial charge on any atom is 0.226 e. The number of hydrogen-bond donors (Lipinski definition) is 2. The predicted octanol–water partition coefficient (Wildman–Crippen LogP) is 1.09. The number of fused-ring (bicyclic) bond motifs is 1. The fourth-order valence-corrected chi connectivity index (χ4v) is 3.91. The molecule has 3 rings (SSSR count). The number of sulfone groups is 1. The number of H-pyrrole nitrogens is 1. The molecule has 0 aliphatic carbocycles. The third-order valence-electron chi connectivity index (χ3n) is 3.33. The average Bonchev–Trinajstić information content (AvgIpc) is 2.84. The molecule has 1 aromatic heterocycles. The summed E-state index contributed by atoms with van der Waals surface area (Å²) in [6.07, 6.45) is 1.59. The topological polar surface area (TPSA) is 74.8 Å². The zero-order valence-electron chi connectivity index (χ0n) is 9.89. The van der Waals surface area contributed by atoms with Crippen LogP contribution in [0.5, 0.6) is 0 Å². The number of piperidine rings is 1. The van der Waals surface area contributed by atoms with Crippen molar-refractivity contribution in [3.63, 3.8) is 0 Å². The van der Waals surface area contributed by atoms with Crippen LogP contribution in [0.15, 0.2) is 29.4 Å². The van der Waals surface area contributed by atoms with E-state index in [9.17, 15) is 8.42 Å². The van der Waals surface area contributed by atoms with Gasteiger partial charge in [0.1, 0.15) is 0 Å². The summed E-state index contributed by atoms with van der Waals surface area (Å²) >= 11 is 0. The Morgan fingerprint density at radius 2 is 2.11 bits per heavy atom. The average molecular weight is 265 g/mol. The largest absolute Gasteiger partial charge is 0.329 e. The van der Waals surface area contributed by atoms with E-state index in [1.165, 1.54) is 0 Å². The summed E-state index contributed by atoms with van der Waals surface area (Å²) < 4.78 is 24.8. The Morgan fingerprint density at radius 1 is 1.28 bits per heavy atom. The Balaban J connectivity index is 2.01. The molecule has 0 radical (unpaired) electrons. The standard InChI is InChI=1S/C12H15N3O2S/c16-18(17,9-4-3-7-13-8-9)12-14-10-5-1-2-6-11(10)15-12/h1-2,5-6,9,13H,3-4,7-8H2,(H,14,15). The molecule has 1 unspecified atom stereocenters. The maximum absolute atomic E-state index is 12.4. The van der Waals surface area contributed by atoms with Crippen LogP contribution in [0.3, 0.4) is 0 Å². The third kappa shape index (κ3) is 1.91. The summed E-state index contributed by atoms with van der Waals surface area (Å²) in [5, 5.41) is 2.85. The number of benzene rings is 1. The molecule has 1 aliphatic rings. The van der Waals surface area contributed by atoms with E-state index in [2.05, 4.69) is 15.3 Å². The summed E-state index contributed by atoms with van der Waals surface area (Å²) in [4.78, 5) is 7.09. The van der Waals surface area contributed by atoms with Gasteiger partial charge in [-0.15, -0.1) is 0 Å². The Labute approximate surface area is 106 Å². The van der Waals surface area contributed by atoms with Gasteiger partial charge in [0.15, 0.2) is 0 Å². The molecule has 2 aromatic rings. The summed E-state index contributed by atoms with van der Waals surface area (Å²) in [5.41, 5.74) is 1.46. The van der Waals surface area contributed by atoms with Gasteiger partial charge in [-0.25, -0.2) is 13.4 Å². The van der Waals surface area contributed by atoms with Crippen molar-refractivity contribution in [1.29, 1.82) is 0 Å². The fourth-order valence-electron chi connectivity index (χ4n) is 2.31. The highest BCUT2D eigenvalue weighted by atomic mass is 32.2. The van der Waals surface area contributed by atoms with Crippen molar-refractivity contribution in [3.8, 4) is 0 Å². The molecule has 5 nitrogen and oxygen atoms in total. The molecule has 0 amide bonds. The molecule has 18 heavy (non-hydrogen) atoms. The van der Waals surface area contributed by atoms with Crippen molar-refractivity contribution in [3.05, 3.63) is 24.3 Å². The molecule has 1 atom stereocenters. The molecule has 1 aromatic carbocycles. The van der Waals surface area contributed by atoms with Gasteiger partial charge in [-0.3, -0.25) is 0 Å². The van der Waals surface area contributed by atoms with Gasteiger partial charge < -0.3 is 10.3 Å². The van der Waals surface area contributed by atoms with Gasteiger partial charge in [0.2, 0.25) is 15.0 Å². The molecule has 2 heterocycles. The van der Waals surface area contributed by atoms with E-state index in [-0.39, 0.29) is 10.4 Å². The van der Waals surface area contributed by atoms with E-state index in [1.807, 2.05) is 24.3 Å². The van der Waals surface area contributed by atoms with Gasteiger partial charge in [0.25, 0.3) is 0 Å². The van der Waals surface area contributed by atoms with Gasteiger partial charge in [0.05, 0.1) is 16.3 Å². The van der Waals surface area contributed by atoms with E-state index in [0.717, 1.165) is 18.5 Å². The fraction of sp³-hybridized carbons (Fsp3) is 0.417. The second-order valence-corrected chi connectivity index (χ2v) is 6.72. The van der Waals surface area contributed by atoms with E-state index in [0.29, 0.717) is 18.5 Å². The van der Waals surface area contributed by atoms with Crippen LogP contribution in [0.4, 0.5) is 0 Å². The van der Waals surface area contributed by atoms with E-state index >= 15 is 0 Å². The Bertz CT molecular complexity index is 624. The number of aromatic nitrogens is 2. The third-order valence-corrected chi connectivity index (χ3v) is 5.34. The van der Waals surface area contributed by atoms with Crippen molar-refractivity contribution >= 4 is 20.9 Å². The highest BCUT2D eigenvalue weighted by Gasteiger charge is 2.31. The minimum atomic E-state index is -3.35. The van der Waals surface area contributed by atoms with Gasteiger partial charge in [0, 0.05) is 6.54 Å². The first-order valence-corrected chi connectivity index (χ1v) is 7.62. The number of imidazole rings is 1. The molecule has 96 valence electrons. The van der Waals surface area contributed by atoms with Gasteiger partial charge >= 0.3 is 0 Å². The van der Waals surface area contributed by atoms with Gasteiger partial charge in [-0.05, 0) is 31.5 Å². The number of aromatic amines is 1. The van der Waals surface area contributed by atoms with Crippen LogP contribution in [-0.4, -0.2) is 36.7 Å². The number of rotatable bonds is 2. The molecule has 0 spiro atoms. The molecular formula is C12H15N3O2S. The van der Waals surface area contributed by atoms with Crippen LogP contribution >= 0.6 is 0 Å². The molecular weight excluding hydrogens is 250 g/mol. The second kappa shape index (κ2) is 4.37. The van der Waals surface area contributed by atoms with Crippen molar-refractivity contribution < 1.29 is 8.42 Å². The second-order valence-electron chi connectivity index (χ2n) is 4.57. The molecule has 1 saturated heterocycles. The SMILES string of the molecule is O=S(=O)(c1nc2ccccc2[nH]1)C1CCCNC1. The van der Waals surface area contributed by atoms with Crippen molar-refractivity contribution in [2.45, 2.75) is 23.2 Å². The highest BCUT2D eigenvalue weighted by Crippen LogP contribution is 2.21. The van der Waals surface area contributed by atoms with Gasteiger partial charge in [-0.1, -0.05) is 12.1 Å². The smallest absolute Gasteiger partial charge is 0.226 e. The minimum absolute atomic E-state index is 0.0948. The quantitative estimate of drug-likeness (QED) is 0.852. The minimum Gasteiger partial charge on any atom is -0.329 e. The van der Waals surface area contributed by atoms with Crippen LogP contribution in [0.1, 0.15) is 12.8 Å². The Morgan fingerprint density at radius 3 is 2.83 bits per heavy atom. The summed E-state index contributed by atoms with van der Waals surface area (Å²) in [5.74, 6) is 0. The van der Waals surface area contributed by atoms with Crippen LogP contribution in [-0.2, 0) is 9.84 Å². The van der Waals surface area contributed by atoms with E-state index in [1.54, 1.807) is 0 Å². The lowest BCUT2D eigenvalue weighted by molar-refractivity contribution is 0.494. The normalized spacial score (nSPS) is 21.2. The zero-order chi connectivity index (χ0) is 12.6. The molecule has 6 heteroatoms. The molecule has 1 fully saturated rings. The lowest BCUT2D eigenvalue weighted by atomic mass is 10.2. The zero-order valence-corrected chi connectivity index (χ0v) is 10.7. The van der Waals surface area contributed by atoms with Crippen LogP contribution < -0.4 is 5.32 Å². The van der Waals surface area contributed by atoms with Crippen LogP contribution in [0.2, 0.25) is 0 Å². The summed E-state index contributed by atoms with van der Waals surface area (Å²) in [6.45, 7) is 1.41. The number of nitrogens with zero attached hydrogens (tertiary/aromatic N) is 1. The molecule has 0 bridgehead atoms. The Hall–Kier alpha value is -1.40. The van der Waals surface area contributed by atoms with Crippen LogP contribution in [0, 0.1) is 0 Å². The first kappa shape index (κ1) is 11.7.